The number of carbonyl (C=O) groups excluding carboxylic acids is 1. The molecule has 1 unspecified atom stereocenters. The second-order valence-electron chi connectivity index (χ2n) is 8.07. The summed E-state index contributed by atoms with van der Waals surface area (Å²) in [6.45, 7) is 3.51. The molecule has 0 bridgehead atoms. The SMILES string of the molecule is COc1cc(CO)cc(OC)c1-c1ccc(CC(NC(=O)c2c(C)cccc2C)C(=O)O)cc1.[Y]. The number of aliphatic hydroxyl groups excluding tert-OH is 1. The van der Waals surface area contributed by atoms with E-state index in [0.717, 1.165) is 27.8 Å². The number of carboxylic acids is 1. The minimum Gasteiger partial charge on any atom is -0.496 e. The maximum Gasteiger partial charge on any atom is 0.326 e. The first-order valence-electron chi connectivity index (χ1n) is 10.8. The predicted octanol–water partition coefficient (Wildman–Crippen LogP) is 3.90. The number of benzene rings is 3. The summed E-state index contributed by atoms with van der Waals surface area (Å²) in [4.78, 5) is 24.7. The number of aliphatic carboxylic acids is 1. The van der Waals surface area contributed by atoms with Crippen molar-refractivity contribution in [2.24, 2.45) is 0 Å². The van der Waals surface area contributed by atoms with Gasteiger partial charge in [0.1, 0.15) is 17.5 Å². The van der Waals surface area contributed by atoms with E-state index in [4.69, 9.17) is 9.47 Å². The van der Waals surface area contributed by atoms with Gasteiger partial charge in [-0.05, 0) is 53.8 Å². The molecule has 0 spiro atoms. The number of methoxy groups -OCH3 is 2. The van der Waals surface area contributed by atoms with E-state index < -0.39 is 17.9 Å². The van der Waals surface area contributed by atoms with Gasteiger partial charge in [-0.2, -0.15) is 0 Å². The second-order valence-corrected chi connectivity index (χ2v) is 8.07. The van der Waals surface area contributed by atoms with Crippen LogP contribution in [0.4, 0.5) is 0 Å². The van der Waals surface area contributed by atoms with Gasteiger partial charge in [-0.25, -0.2) is 4.79 Å². The Morgan fingerprint density at radius 1 is 0.914 bits per heavy atom. The fourth-order valence-corrected chi connectivity index (χ4v) is 3.99. The molecule has 1 atom stereocenters. The second kappa shape index (κ2) is 12.8. The maximum atomic E-state index is 12.8. The third-order valence-corrected chi connectivity index (χ3v) is 5.74. The van der Waals surface area contributed by atoms with Crippen LogP contribution in [0.1, 0.15) is 32.6 Å². The van der Waals surface area contributed by atoms with Crippen LogP contribution in [0.2, 0.25) is 0 Å². The van der Waals surface area contributed by atoms with Gasteiger partial charge in [0.15, 0.2) is 0 Å². The van der Waals surface area contributed by atoms with Gasteiger partial charge in [0, 0.05) is 44.7 Å². The van der Waals surface area contributed by atoms with Gasteiger partial charge >= 0.3 is 5.97 Å². The van der Waals surface area contributed by atoms with Crippen LogP contribution in [0.5, 0.6) is 11.5 Å². The van der Waals surface area contributed by atoms with Crippen LogP contribution in [-0.4, -0.2) is 42.4 Å². The van der Waals surface area contributed by atoms with Crippen LogP contribution in [0.3, 0.4) is 0 Å². The van der Waals surface area contributed by atoms with E-state index in [1.165, 1.54) is 0 Å². The smallest absolute Gasteiger partial charge is 0.326 e. The van der Waals surface area contributed by atoms with Gasteiger partial charge in [0.2, 0.25) is 0 Å². The minimum atomic E-state index is -1.11. The number of carbonyl (C=O) groups is 2. The van der Waals surface area contributed by atoms with E-state index in [-0.39, 0.29) is 45.7 Å². The molecule has 0 aromatic heterocycles. The molecule has 1 radical (unpaired) electrons. The van der Waals surface area contributed by atoms with Crippen LogP contribution in [-0.2, 0) is 50.5 Å². The molecular formula is C27H29NO6Y. The summed E-state index contributed by atoms with van der Waals surface area (Å²) in [5.74, 6) is -0.398. The summed E-state index contributed by atoms with van der Waals surface area (Å²) >= 11 is 0. The Kier molecular flexibility index (Phi) is 10.4. The number of aryl methyl sites for hydroxylation is 2. The fourth-order valence-electron chi connectivity index (χ4n) is 3.99. The average molecular weight is 552 g/mol. The molecule has 3 aromatic rings. The van der Waals surface area contributed by atoms with Crippen LogP contribution in [0, 0.1) is 13.8 Å². The Morgan fingerprint density at radius 2 is 1.46 bits per heavy atom. The van der Waals surface area contributed by atoms with Gasteiger partial charge in [-0.15, -0.1) is 0 Å². The number of nitrogens with one attached hydrogen (secondary N) is 1. The van der Waals surface area contributed by atoms with E-state index in [0.29, 0.717) is 22.6 Å². The first kappa shape index (κ1) is 28.5. The number of carboxylic acid groups (broad SMARTS) is 1. The number of aliphatic hydroxyl groups is 1. The van der Waals surface area contributed by atoms with Gasteiger partial charge in [-0.1, -0.05) is 42.5 Å². The zero-order valence-corrected chi connectivity index (χ0v) is 23.1. The minimum absolute atomic E-state index is 0. The summed E-state index contributed by atoms with van der Waals surface area (Å²) in [5, 5.41) is 21.9. The normalized spacial score (nSPS) is 11.2. The number of hydrogen-bond acceptors (Lipinski definition) is 5. The summed E-state index contributed by atoms with van der Waals surface area (Å²) in [5.41, 5.74) is 5.04. The Bertz CT molecular complexity index is 1150. The van der Waals surface area contributed by atoms with E-state index in [9.17, 15) is 19.8 Å². The first-order valence-corrected chi connectivity index (χ1v) is 10.8. The van der Waals surface area contributed by atoms with Crippen LogP contribution >= 0.6 is 0 Å². The van der Waals surface area contributed by atoms with Gasteiger partial charge in [-0.3, -0.25) is 4.79 Å². The average Bonchev–Trinajstić information content (AvgIpc) is 2.83. The van der Waals surface area contributed by atoms with Crippen LogP contribution in [0.15, 0.2) is 54.6 Å². The van der Waals surface area contributed by atoms with Gasteiger partial charge in [0.25, 0.3) is 5.91 Å². The van der Waals surface area contributed by atoms with E-state index in [1.807, 2.05) is 56.3 Å². The zero-order chi connectivity index (χ0) is 24.8. The summed E-state index contributed by atoms with van der Waals surface area (Å²) in [7, 11) is 3.09. The van der Waals surface area contributed by atoms with Crippen molar-refractivity contribution >= 4 is 11.9 Å². The third kappa shape index (κ3) is 6.69. The Hall–Kier alpha value is -2.74. The number of rotatable bonds is 9. The molecule has 7 nitrogen and oxygen atoms in total. The van der Waals surface area contributed by atoms with E-state index in [2.05, 4.69) is 5.32 Å². The number of ether oxygens (including phenoxy) is 2. The third-order valence-electron chi connectivity index (χ3n) is 5.74. The Balaban J connectivity index is 0.00000432. The quantitative estimate of drug-likeness (QED) is 0.372. The van der Waals surface area contributed by atoms with E-state index in [1.54, 1.807) is 26.4 Å². The molecule has 35 heavy (non-hydrogen) atoms. The van der Waals surface area contributed by atoms with Crippen LogP contribution in [0.25, 0.3) is 11.1 Å². The van der Waals surface area contributed by atoms with Crippen molar-refractivity contribution in [3.63, 3.8) is 0 Å². The van der Waals surface area contributed by atoms with E-state index >= 15 is 0 Å². The van der Waals surface area contributed by atoms with Crippen molar-refractivity contribution < 1.29 is 62.0 Å². The first-order chi connectivity index (χ1) is 16.3. The molecule has 181 valence electrons. The molecular weight excluding hydrogens is 523 g/mol. The van der Waals surface area contributed by atoms with Crippen molar-refractivity contribution in [2.45, 2.75) is 32.9 Å². The molecule has 3 aromatic carbocycles. The monoisotopic (exact) mass is 552 g/mol. The van der Waals surface area contributed by atoms with Crippen molar-refractivity contribution in [1.29, 1.82) is 0 Å². The zero-order valence-electron chi connectivity index (χ0n) is 20.3. The molecule has 0 aliphatic rings. The number of hydrogen-bond donors (Lipinski definition) is 3. The van der Waals surface area contributed by atoms with Crippen molar-refractivity contribution in [3.8, 4) is 22.6 Å². The summed E-state index contributed by atoms with van der Waals surface area (Å²) < 4.78 is 11.0. The van der Waals surface area contributed by atoms with Gasteiger partial charge < -0.3 is 25.0 Å². The molecule has 0 saturated heterocycles. The largest absolute Gasteiger partial charge is 0.496 e. The van der Waals surface area contributed by atoms with Crippen LogP contribution < -0.4 is 14.8 Å². The Labute approximate surface area is 230 Å². The molecule has 3 N–H and O–H groups in total. The topological polar surface area (TPSA) is 105 Å². The molecule has 0 heterocycles. The van der Waals surface area contributed by atoms with Gasteiger partial charge in [0.05, 0.1) is 26.4 Å². The van der Waals surface area contributed by atoms with Crippen molar-refractivity contribution in [2.75, 3.05) is 14.2 Å². The standard InChI is InChI=1S/C27H29NO6.Y/c1-16-6-5-7-17(2)24(16)26(30)28-21(27(31)32)12-18-8-10-20(11-9-18)25-22(33-3)13-19(15-29)14-23(25)34-4;/h5-11,13-14,21,29H,12,15H2,1-4H3,(H,28,30)(H,31,32);. The fraction of sp³-hybridized carbons (Fsp3) is 0.259. The molecule has 0 aliphatic heterocycles. The van der Waals surface area contributed by atoms with Crippen molar-refractivity contribution in [3.05, 3.63) is 82.4 Å². The summed E-state index contributed by atoms with van der Waals surface area (Å²) in [6.07, 6.45) is 0.129. The predicted molar refractivity (Wildman–Crippen MR) is 129 cm³/mol. The van der Waals surface area contributed by atoms with Crippen molar-refractivity contribution in [1.82, 2.24) is 5.32 Å². The molecule has 8 heteroatoms. The Morgan fingerprint density at radius 3 is 1.91 bits per heavy atom. The molecule has 0 aliphatic carbocycles. The molecule has 1 amide bonds. The molecule has 3 rings (SSSR count). The summed E-state index contributed by atoms with van der Waals surface area (Å²) in [6, 6.07) is 15.2. The maximum absolute atomic E-state index is 12.8. The molecule has 0 saturated carbocycles. The molecule has 0 fully saturated rings. The number of amides is 1.